The topological polar surface area (TPSA) is 9.23 Å². The average Bonchev–Trinajstić information content (AvgIpc) is 2.45. The summed E-state index contributed by atoms with van der Waals surface area (Å²) in [6.45, 7) is 0. The number of hydrogen-bond donors (Lipinski definition) is 0. The Balaban J connectivity index is 2.01. The molecule has 0 aliphatic heterocycles. The molecular weight excluding hydrogens is 220 g/mol. The van der Waals surface area contributed by atoms with Gasteiger partial charge in [-0.25, -0.2) is 0 Å². The summed E-state index contributed by atoms with van der Waals surface area (Å²) in [5, 5.41) is 0. The first-order valence-corrected chi connectivity index (χ1v) is 5.76. The molecule has 0 fully saturated rings. The van der Waals surface area contributed by atoms with Crippen LogP contribution in [0, 0.1) is 11.8 Å². The van der Waals surface area contributed by atoms with Crippen LogP contribution in [-0.4, -0.2) is 7.11 Å². The minimum absolute atomic E-state index is 0.863. The largest absolute Gasteiger partial charge is 0.497 e. The van der Waals surface area contributed by atoms with Crippen molar-refractivity contribution in [1.29, 1.82) is 0 Å². The van der Waals surface area contributed by atoms with E-state index in [9.17, 15) is 0 Å². The second kappa shape index (κ2) is 6.32. The van der Waals surface area contributed by atoms with Crippen molar-refractivity contribution in [3.05, 3.63) is 71.8 Å². The smallest absolute Gasteiger partial charge is 0.118 e. The normalized spacial score (nSPS) is 9.83. The molecular formula is C17H14O. The maximum absolute atomic E-state index is 5.10. The number of benzene rings is 2. The molecule has 0 saturated heterocycles. The lowest BCUT2D eigenvalue weighted by Crippen LogP contribution is -1.81. The third-order valence-electron chi connectivity index (χ3n) is 2.47. The first kappa shape index (κ1) is 12.0. The van der Waals surface area contributed by atoms with Crippen molar-refractivity contribution >= 4 is 6.08 Å². The molecule has 1 nitrogen and oxygen atoms in total. The van der Waals surface area contributed by atoms with Gasteiger partial charge in [-0.15, -0.1) is 0 Å². The van der Waals surface area contributed by atoms with E-state index in [-0.39, 0.29) is 0 Å². The summed E-state index contributed by atoms with van der Waals surface area (Å²) in [5.41, 5.74) is 2.13. The number of allylic oxidation sites excluding steroid dienone is 1. The molecule has 0 spiro atoms. The molecule has 0 N–H and O–H groups in total. The molecule has 0 saturated carbocycles. The third kappa shape index (κ3) is 3.54. The number of hydrogen-bond acceptors (Lipinski definition) is 1. The molecule has 18 heavy (non-hydrogen) atoms. The monoisotopic (exact) mass is 234 g/mol. The first-order chi connectivity index (χ1) is 8.88. The lowest BCUT2D eigenvalue weighted by molar-refractivity contribution is 0.415. The van der Waals surface area contributed by atoms with E-state index in [1.807, 2.05) is 66.7 Å². The summed E-state index contributed by atoms with van der Waals surface area (Å²) in [6, 6.07) is 17.8. The molecule has 88 valence electrons. The minimum Gasteiger partial charge on any atom is -0.497 e. The lowest BCUT2D eigenvalue weighted by atomic mass is 10.2. The van der Waals surface area contributed by atoms with Crippen LogP contribution in [0.25, 0.3) is 6.08 Å². The summed E-state index contributed by atoms with van der Waals surface area (Å²) in [6.07, 6.45) is 3.84. The van der Waals surface area contributed by atoms with E-state index in [1.165, 1.54) is 0 Å². The fraction of sp³-hybridized carbons (Fsp3) is 0.0588. The van der Waals surface area contributed by atoms with E-state index < -0.39 is 0 Å². The molecule has 1 heteroatoms. The van der Waals surface area contributed by atoms with Gasteiger partial charge in [0.2, 0.25) is 0 Å². The number of ether oxygens (including phenoxy) is 1. The van der Waals surface area contributed by atoms with Gasteiger partial charge in [0.15, 0.2) is 0 Å². The molecule has 0 atom stereocenters. The molecule has 0 radical (unpaired) electrons. The third-order valence-corrected chi connectivity index (χ3v) is 2.47. The zero-order valence-corrected chi connectivity index (χ0v) is 10.3. The quantitative estimate of drug-likeness (QED) is 0.719. The van der Waals surface area contributed by atoms with E-state index in [1.54, 1.807) is 7.11 Å². The molecule has 0 unspecified atom stereocenters. The summed E-state index contributed by atoms with van der Waals surface area (Å²) in [4.78, 5) is 0. The van der Waals surface area contributed by atoms with Crippen molar-refractivity contribution in [1.82, 2.24) is 0 Å². The van der Waals surface area contributed by atoms with Crippen LogP contribution in [0.5, 0.6) is 5.75 Å². The highest BCUT2D eigenvalue weighted by molar-refractivity contribution is 5.54. The zero-order valence-electron chi connectivity index (χ0n) is 10.3. The van der Waals surface area contributed by atoms with E-state index in [0.29, 0.717) is 0 Å². The van der Waals surface area contributed by atoms with Gasteiger partial charge in [-0.05, 0) is 42.0 Å². The number of methoxy groups -OCH3 is 1. The van der Waals surface area contributed by atoms with Gasteiger partial charge in [0.1, 0.15) is 5.75 Å². The molecule has 0 aliphatic rings. The van der Waals surface area contributed by atoms with Crippen LogP contribution in [0.1, 0.15) is 11.1 Å². The van der Waals surface area contributed by atoms with Gasteiger partial charge in [0, 0.05) is 5.56 Å². The predicted molar refractivity (Wildman–Crippen MR) is 75.3 cm³/mol. The highest BCUT2D eigenvalue weighted by Gasteiger charge is 1.88. The second-order valence-electron chi connectivity index (χ2n) is 3.74. The number of rotatable bonds is 2. The Morgan fingerprint density at radius 3 is 2.33 bits per heavy atom. The van der Waals surface area contributed by atoms with Gasteiger partial charge in [-0.1, -0.05) is 42.2 Å². The average molecular weight is 234 g/mol. The molecule has 0 aromatic heterocycles. The van der Waals surface area contributed by atoms with Crippen LogP contribution in [0.3, 0.4) is 0 Å². The van der Waals surface area contributed by atoms with Gasteiger partial charge in [0.05, 0.1) is 7.11 Å². The molecule has 2 aromatic carbocycles. The molecule has 2 aromatic rings. The van der Waals surface area contributed by atoms with Crippen LogP contribution in [-0.2, 0) is 0 Å². The zero-order chi connectivity index (χ0) is 12.6. The van der Waals surface area contributed by atoms with Gasteiger partial charge >= 0.3 is 0 Å². The van der Waals surface area contributed by atoms with Crippen LogP contribution < -0.4 is 4.74 Å². The Morgan fingerprint density at radius 2 is 1.67 bits per heavy atom. The van der Waals surface area contributed by atoms with Crippen molar-refractivity contribution < 1.29 is 4.74 Å². The summed E-state index contributed by atoms with van der Waals surface area (Å²) < 4.78 is 5.10. The van der Waals surface area contributed by atoms with Crippen molar-refractivity contribution in [2.75, 3.05) is 7.11 Å². The molecule has 0 heterocycles. The standard InChI is InChI=1S/C17H14O/c1-18-17-13-11-16(12-14-17)10-6-5-9-15-7-3-2-4-8-15/h2-4,6-8,10-14H,1H3/b10-6+. The highest BCUT2D eigenvalue weighted by Crippen LogP contribution is 2.11. The summed E-state index contributed by atoms with van der Waals surface area (Å²) in [7, 11) is 1.66. The van der Waals surface area contributed by atoms with Crippen LogP contribution >= 0.6 is 0 Å². The van der Waals surface area contributed by atoms with Crippen LogP contribution in [0.4, 0.5) is 0 Å². The SMILES string of the molecule is COc1ccc(/C=C/C#Cc2ccccc2)cc1. The van der Waals surface area contributed by atoms with E-state index in [4.69, 9.17) is 4.74 Å². The van der Waals surface area contributed by atoms with E-state index >= 15 is 0 Å². The maximum Gasteiger partial charge on any atom is 0.118 e. The van der Waals surface area contributed by atoms with Gasteiger partial charge in [-0.3, -0.25) is 0 Å². The summed E-state index contributed by atoms with van der Waals surface area (Å²) in [5.74, 6) is 6.96. The second-order valence-corrected chi connectivity index (χ2v) is 3.74. The van der Waals surface area contributed by atoms with Gasteiger partial charge < -0.3 is 4.74 Å². The first-order valence-electron chi connectivity index (χ1n) is 5.76. The van der Waals surface area contributed by atoms with Gasteiger partial charge in [0.25, 0.3) is 0 Å². The summed E-state index contributed by atoms with van der Waals surface area (Å²) >= 11 is 0. The van der Waals surface area contributed by atoms with Crippen LogP contribution in [0.2, 0.25) is 0 Å². The molecule has 0 amide bonds. The predicted octanol–water partition coefficient (Wildman–Crippen LogP) is 3.76. The van der Waals surface area contributed by atoms with Crippen molar-refractivity contribution in [3.63, 3.8) is 0 Å². The van der Waals surface area contributed by atoms with Gasteiger partial charge in [-0.2, -0.15) is 0 Å². The van der Waals surface area contributed by atoms with Crippen LogP contribution in [0.15, 0.2) is 60.7 Å². The molecule has 0 bridgehead atoms. The fourth-order valence-corrected chi connectivity index (χ4v) is 1.50. The van der Waals surface area contributed by atoms with Crippen molar-refractivity contribution in [3.8, 4) is 17.6 Å². The van der Waals surface area contributed by atoms with Crippen molar-refractivity contribution in [2.45, 2.75) is 0 Å². The Kier molecular flexibility index (Phi) is 4.22. The van der Waals surface area contributed by atoms with Crippen molar-refractivity contribution in [2.24, 2.45) is 0 Å². The maximum atomic E-state index is 5.10. The Morgan fingerprint density at radius 1 is 0.944 bits per heavy atom. The molecule has 2 rings (SSSR count). The minimum atomic E-state index is 0.863. The van der Waals surface area contributed by atoms with E-state index in [2.05, 4.69) is 11.8 Å². The Hall–Kier alpha value is -2.46. The molecule has 0 aliphatic carbocycles. The Labute approximate surface area is 108 Å². The van der Waals surface area contributed by atoms with E-state index in [0.717, 1.165) is 16.9 Å². The highest BCUT2D eigenvalue weighted by atomic mass is 16.5. The fourth-order valence-electron chi connectivity index (χ4n) is 1.50. The Bertz CT molecular complexity index is 569. The lowest BCUT2D eigenvalue weighted by Gasteiger charge is -1.98.